The van der Waals surface area contributed by atoms with Crippen LogP contribution in [0.15, 0.2) is 21.4 Å². The van der Waals surface area contributed by atoms with Crippen LogP contribution in [-0.2, 0) is 0 Å². The summed E-state index contributed by atoms with van der Waals surface area (Å²) in [6.07, 6.45) is 4.66. The number of aromatic nitrogens is 4. The predicted octanol–water partition coefficient (Wildman–Crippen LogP) is 0.267. The van der Waals surface area contributed by atoms with Crippen molar-refractivity contribution < 1.29 is 9.05 Å². The van der Waals surface area contributed by atoms with Gasteiger partial charge in [0.15, 0.2) is 17.5 Å². The molecule has 0 aliphatic carbocycles. The molecule has 100 valence electrons. The third-order valence-corrected chi connectivity index (χ3v) is 3.40. The zero-order valence-corrected chi connectivity index (χ0v) is 10.1. The molecule has 3 heterocycles. The molecule has 1 aliphatic heterocycles. The molecule has 0 spiro atoms. The normalized spacial score (nSPS) is 23.5. The van der Waals surface area contributed by atoms with Crippen LogP contribution >= 0.6 is 0 Å². The maximum Gasteiger partial charge on any atom is 0.189 e. The highest BCUT2D eigenvalue weighted by Crippen LogP contribution is 2.38. The maximum absolute atomic E-state index is 7.64. The molecular formula is C10H13N7O2. The van der Waals surface area contributed by atoms with Crippen molar-refractivity contribution >= 4 is 5.96 Å². The Balaban J connectivity index is 1.85. The minimum Gasteiger partial charge on any atom is -0.370 e. The average molecular weight is 263 g/mol. The molecule has 3 rings (SSSR count). The number of nitrogens with two attached hydrogens (primary N) is 1. The van der Waals surface area contributed by atoms with Gasteiger partial charge in [-0.05, 0) is 12.8 Å². The SMILES string of the molecule is N=C(N)N1CCC(c2cnno2)CC1c1cnno1. The highest BCUT2D eigenvalue weighted by molar-refractivity contribution is 5.75. The molecule has 0 aromatic carbocycles. The van der Waals surface area contributed by atoms with Gasteiger partial charge in [0.25, 0.3) is 0 Å². The number of likely N-dealkylation sites (tertiary alicyclic amines) is 1. The number of piperidine rings is 1. The molecule has 9 heteroatoms. The Hall–Kier alpha value is -2.45. The summed E-state index contributed by atoms with van der Waals surface area (Å²) >= 11 is 0. The molecule has 0 amide bonds. The Kier molecular flexibility index (Phi) is 2.86. The number of guanidine groups is 1. The second-order valence-corrected chi connectivity index (χ2v) is 4.46. The second-order valence-electron chi connectivity index (χ2n) is 4.46. The van der Waals surface area contributed by atoms with Crippen molar-refractivity contribution in [2.45, 2.75) is 24.8 Å². The van der Waals surface area contributed by atoms with Crippen LogP contribution in [0.4, 0.5) is 0 Å². The molecule has 2 aromatic heterocycles. The standard InChI is InChI=1S/C10H13N7O2/c11-10(12)17-2-1-6(8-4-13-15-18-8)3-7(17)9-5-14-16-19-9/h4-7H,1-3H2,(H3,11,12). The van der Waals surface area contributed by atoms with Crippen molar-refractivity contribution in [1.82, 2.24) is 25.6 Å². The van der Waals surface area contributed by atoms with E-state index in [4.69, 9.17) is 20.2 Å². The van der Waals surface area contributed by atoms with E-state index in [1.54, 1.807) is 17.3 Å². The van der Waals surface area contributed by atoms with Crippen LogP contribution in [0.5, 0.6) is 0 Å². The maximum atomic E-state index is 7.64. The molecule has 9 nitrogen and oxygen atoms in total. The Labute approximate surface area is 108 Å². The van der Waals surface area contributed by atoms with Gasteiger partial charge in [-0.15, -0.1) is 10.2 Å². The Morgan fingerprint density at radius 3 is 2.53 bits per heavy atom. The summed E-state index contributed by atoms with van der Waals surface area (Å²) < 4.78 is 10.2. The first-order chi connectivity index (χ1) is 9.25. The van der Waals surface area contributed by atoms with Gasteiger partial charge in [0, 0.05) is 23.0 Å². The van der Waals surface area contributed by atoms with Gasteiger partial charge in [-0.3, -0.25) is 5.41 Å². The monoisotopic (exact) mass is 263 g/mol. The summed E-state index contributed by atoms with van der Waals surface area (Å²) in [4.78, 5) is 1.77. The molecule has 19 heavy (non-hydrogen) atoms. The van der Waals surface area contributed by atoms with E-state index in [0.29, 0.717) is 18.7 Å². The summed E-state index contributed by atoms with van der Waals surface area (Å²) in [5.74, 6) is 1.50. The molecule has 1 saturated heterocycles. The fraction of sp³-hybridized carbons (Fsp3) is 0.500. The smallest absolute Gasteiger partial charge is 0.189 e. The topological polar surface area (TPSA) is 131 Å². The van der Waals surface area contributed by atoms with E-state index in [2.05, 4.69) is 20.7 Å². The van der Waals surface area contributed by atoms with Crippen LogP contribution < -0.4 is 5.73 Å². The minimum absolute atomic E-state index is 0.00976. The molecule has 2 atom stereocenters. The lowest BCUT2D eigenvalue weighted by Gasteiger charge is -2.37. The quantitative estimate of drug-likeness (QED) is 0.582. The summed E-state index contributed by atoms with van der Waals surface area (Å²) in [5.41, 5.74) is 5.61. The number of nitrogens with zero attached hydrogens (tertiary/aromatic N) is 5. The van der Waals surface area contributed by atoms with Crippen molar-refractivity contribution in [2.75, 3.05) is 6.54 Å². The first kappa shape index (κ1) is 11.6. The molecule has 0 radical (unpaired) electrons. The molecule has 0 saturated carbocycles. The van der Waals surface area contributed by atoms with Crippen molar-refractivity contribution in [3.05, 3.63) is 23.9 Å². The largest absolute Gasteiger partial charge is 0.370 e. The fourth-order valence-corrected chi connectivity index (χ4v) is 2.46. The third-order valence-electron chi connectivity index (χ3n) is 3.40. The van der Waals surface area contributed by atoms with Crippen LogP contribution in [0, 0.1) is 5.41 Å². The summed E-state index contributed by atoms with van der Waals surface area (Å²) in [5, 5.41) is 22.0. The number of nitrogens with one attached hydrogen (secondary N) is 1. The molecule has 0 bridgehead atoms. The number of hydrogen-bond donors (Lipinski definition) is 2. The van der Waals surface area contributed by atoms with E-state index < -0.39 is 0 Å². The molecule has 1 fully saturated rings. The zero-order chi connectivity index (χ0) is 13.2. The van der Waals surface area contributed by atoms with E-state index in [9.17, 15) is 0 Å². The molecular weight excluding hydrogens is 250 g/mol. The van der Waals surface area contributed by atoms with E-state index in [1.165, 1.54) is 0 Å². The highest BCUT2D eigenvalue weighted by Gasteiger charge is 2.35. The number of hydrogen-bond acceptors (Lipinski definition) is 7. The lowest BCUT2D eigenvalue weighted by molar-refractivity contribution is 0.167. The average Bonchev–Trinajstić information content (AvgIpc) is 3.11. The first-order valence-corrected chi connectivity index (χ1v) is 5.91. The van der Waals surface area contributed by atoms with Crippen molar-refractivity contribution in [3.8, 4) is 0 Å². The molecule has 1 aliphatic rings. The summed E-state index contributed by atoms with van der Waals surface area (Å²) in [7, 11) is 0. The van der Waals surface area contributed by atoms with Gasteiger partial charge >= 0.3 is 0 Å². The van der Waals surface area contributed by atoms with E-state index in [1.807, 2.05) is 0 Å². The Bertz CT molecular complexity index is 538. The van der Waals surface area contributed by atoms with Gasteiger partial charge in [-0.25, -0.2) is 0 Å². The van der Waals surface area contributed by atoms with Crippen molar-refractivity contribution in [3.63, 3.8) is 0 Å². The van der Waals surface area contributed by atoms with Crippen LogP contribution in [0.2, 0.25) is 0 Å². The van der Waals surface area contributed by atoms with Crippen LogP contribution in [-0.4, -0.2) is 38.1 Å². The summed E-state index contributed by atoms with van der Waals surface area (Å²) in [6.45, 7) is 0.631. The number of rotatable bonds is 2. The van der Waals surface area contributed by atoms with Gasteiger partial charge < -0.3 is 19.7 Å². The summed E-state index contributed by atoms with van der Waals surface area (Å²) in [6, 6.07) is -0.170. The third kappa shape index (κ3) is 2.14. The van der Waals surface area contributed by atoms with Crippen molar-refractivity contribution in [2.24, 2.45) is 5.73 Å². The highest BCUT2D eigenvalue weighted by atomic mass is 16.5. The Morgan fingerprint density at radius 1 is 1.26 bits per heavy atom. The van der Waals surface area contributed by atoms with Gasteiger partial charge in [0.05, 0.1) is 18.4 Å². The molecule has 2 aromatic rings. The van der Waals surface area contributed by atoms with E-state index in [-0.39, 0.29) is 17.9 Å². The van der Waals surface area contributed by atoms with Gasteiger partial charge in [-0.2, -0.15) is 0 Å². The van der Waals surface area contributed by atoms with Crippen molar-refractivity contribution in [1.29, 1.82) is 5.41 Å². The lowest BCUT2D eigenvalue weighted by Crippen LogP contribution is -2.43. The minimum atomic E-state index is -0.170. The van der Waals surface area contributed by atoms with E-state index in [0.717, 1.165) is 12.2 Å². The fourth-order valence-electron chi connectivity index (χ4n) is 2.46. The zero-order valence-electron chi connectivity index (χ0n) is 10.1. The second kappa shape index (κ2) is 4.67. The Morgan fingerprint density at radius 2 is 1.95 bits per heavy atom. The lowest BCUT2D eigenvalue weighted by atomic mass is 9.88. The van der Waals surface area contributed by atoms with E-state index >= 15 is 0 Å². The molecule has 3 N–H and O–H groups in total. The van der Waals surface area contributed by atoms with Gasteiger partial charge in [-0.1, -0.05) is 0 Å². The van der Waals surface area contributed by atoms with Gasteiger partial charge in [0.1, 0.15) is 0 Å². The van der Waals surface area contributed by atoms with Gasteiger partial charge in [0.2, 0.25) is 0 Å². The van der Waals surface area contributed by atoms with Crippen LogP contribution in [0.1, 0.15) is 36.3 Å². The predicted molar refractivity (Wildman–Crippen MR) is 61.9 cm³/mol. The first-order valence-electron chi connectivity index (χ1n) is 5.91. The van der Waals surface area contributed by atoms with Crippen LogP contribution in [0.3, 0.4) is 0 Å². The molecule has 2 unspecified atom stereocenters. The van der Waals surface area contributed by atoms with Crippen LogP contribution in [0.25, 0.3) is 0 Å².